The zero-order chi connectivity index (χ0) is 21.6. The number of rotatable bonds is 8. The number of allylic oxidation sites excluding steroid dienone is 1. The molecule has 2 aliphatic rings. The predicted octanol–water partition coefficient (Wildman–Crippen LogP) is 8.47. The van der Waals surface area contributed by atoms with Crippen molar-refractivity contribution in [2.75, 3.05) is 0 Å². The smallest absolute Gasteiger partial charge is 0.00137 e. The molecule has 164 valence electrons. The summed E-state index contributed by atoms with van der Waals surface area (Å²) >= 11 is 0. The Labute approximate surface area is 194 Å². The van der Waals surface area contributed by atoms with Gasteiger partial charge in [0.1, 0.15) is 0 Å². The fourth-order valence-electron chi connectivity index (χ4n) is 5.61. The molecule has 0 aromatic heterocycles. The lowest BCUT2D eigenvalue weighted by molar-refractivity contribution is 0.332. The van der Waals surface area contributed by atoms with Gasteiger partial charge in [-0.2, -0.15) is 0 Å². The lowest BCUT2D eigenvalue weighted by Gasteiger charge is -2.21. The molecule has 0 N–H and O–H groups in total. The van der Waals surface area contributed by atoms with Gasteiger partial charge in [0.2, 0.25) is 0 Å². The second-order valence-corrected chi connectivity index (χ2v) is 9.96. The quantitative estimate of drug-likeness (QED) is 0.343. The van der Waals surface area contributed by atoms with E-state index in [9.17, 15) is 0 Å². The first-order chi connectivity index (χ1) is 15.8. The Kier molecular flexibility index (Phi) is 6.87. The number of hydrogen-bond donors (Lipinski definition) is 0. The number of aryl methyl sites for hydroxylation is 3. The van der Waals surface area contributed by atoms with E-state index in [1.54, 1.807) is 0 Å². The van der Waals surface area contributed by atoms with Crippen molar-refractivity contribution in [3.63, 3.8) is 0 Å². The van der Waals surface area contributed by atoms with Crippen LogP contribution in [-0.4, -0.2) is 0 Å². The van der Waals surface area contributed by atoms with Crippen molar-refractivity contribution < 1.29 is 0 Å². The van der Waals surface area contributed by atoms with Crippen LogP contribution in [0.2, 0.25) is 0 Å². The molecule has 1 saturated carbocycles. The first kappa shape index (κ1) is 21.3. The summed E-state index contributed by atoms with van der Waals surface area (Å²) in [5.74, 6) is 1.01. The highest BCUT2D eigenvalue weighted by Crippen LogP contribution is 2.32. The van der Waals surface area contributed by atoms with Gasteiger partial charge in [0.25, 0.3) is 0 Å². The minimum absolute atomic E-state index is 1.01. The van der Waals surface area contributed by atoms with E-state index in [0.29, 0.717) is 0 Å². The molecule has 0 nitrogen and oxygen atoms in total. The Hall–Kier alpha value is -2.60. The minimum Gasteiger partial charge on any atom is -0.0622 e. The Morgan fingerprint density at radius 3 is 2.12 bits per heavy atom. The van der Waals surface area contributed by atoms with E-state index < -0.39 is 0 Å². The van der Waals surface area contributed by atoms with Gasteiger partial charge in [-0.25, -0.2) is 0 Å². The van der Waals surface area contributed by atoms with E-state index in [-0.39, 0.29) is 0 Å². The molecule has 2 aliphatic carbocycles. The maximum Gasteiger partial charge on any atom is -0.00137 e. The van der Waals surface area contributed by atoms with E-state index in [1.165, 1.54) is 90.3 Å². The van der Waals surface area contributed by atoms with Crippen LogP contribution in [0.25, 0.3) is 11.6 Å². The molecular weight excluding hydrogens is 384 g/mol. The second-order valence-electron chi connectivity index (χ2n) is 9.96. The molecule has 0 heteroatoms. The molecule has 3 aromatic rings. The van der Waals surface area contributed by atoms with Gasteiger partial charge in [0, 0.05) is 0 Å². The maximum absolute atomic E-state index is 2.41. The summed E-state index contributed by atoms with van der Waals surface area (Å²) in [7, 11) is 0. The maximum atomic E-state index is 2.41. The summed E-state index contributed by atoms with van der Waals surface area (Å²) < 4.78 is 0. The fraction of sp³-hybridized carbons (Fsp3) is 0.375. The van der Waals surface area contributed by atoms with E-state index in [1.807, 2.05) is 0 Å². The number of benzene rings is 3. The predicted molar refractivity (Wildman–Crippen MR) is 138 cm³/mol. The van der Waals surface area contributed by atoms with Crippen molar-refractivity contribution in [3.8, 4) is 0 Å². The highest BCUT2D eigenvalue weighted by Gasteiger charge is 2.15. The summed E-state index contributed by atoms with van der Waals surface area (Å²) in [6, 6.07) is 27.3. The summed E-state index contributed by atoms with van der Waals surface area (Å²) in [6.45, 7) is 0. The Bertz CT molecular complexity index is 1030. The first-order valence-corrected chi connectivity index (χ1v) is 12.8. The van der Waals surface area contributed by atoms with Crippen molar-refractivity contribution >= 4 is 11.6 Å². The summed E-state index contributed by atoms with van der Waals surface area (Å²) in [5.41, 5.74) is 10.1. The summed E-state index contributed by atoms with van der Waals surface area (Å²) in [4.78, 5) is 0. The number of hydrogen-bond acceptors (Lipinski definition) is 0. The molecular formula is C32H36. The van der Waals surface area contributed by atoms with Gasteiger partial charge in [0.15, 0.2) is 0 Å². The van der Waals surface area contributed by atoms with Crippen LogP contribution in [-0.2, 0) is 25.7 Å². The molecule has 0 heterocycles. The van der Waals surface area contributed by atoms with Crippen LogP contribution in [0.15, 0.2) is 72.8 Å². The molecule has 0 radical (unpaired) electrons. The molecule has 0 saturated heterocycles. The van der Waals surface area contributed by atoms with Crippen molar-refractivity contribution in [1.29, 1.82) is 0 Å². The van der Waals surface area contributed by atoms with Crippen molar-refractivity contribution in [1.82, 2.24) is 0 Å². The molecule has 0 unspecified atom stereocenters. The van der Waals surface area contributed by atoms with E-state index in [4.69, 9.17) is 0 Å². The van der Waals surface area contributed by atoms with Gasteiger partial charge >= 0.3 is 0 Å². The topological polar surface area (TPSA) is 0 Å². The normalized spacial score (nSPS) is 16.1. The molecule has 0 amide bonds. The van der Waals surface area contributed by atoms with Gasteiger partial charge in [-0.05, 0) is 77.0 Å². The highest BCUT2D eigenvalue weighted by atomic mass is 14.2. The second kappa shape index (κ2) is 10.3. The molecule has 1 fully saturated rings. The zero-order valence-electron chi connectivity index (χ0n) is 19.4. The van der Waals surface area contributed by atoms with Crippen LogP contribution in [0.4, 0.5) is 0 Å². The highest BCUT2D eigenvalue weighted by molar-refractivity contribution is 5.88. The first-order valence-electron chi connectivity index (χ1n) is 12.8. The van der Waals surface area contributed by atoms with E-state index in [0.717, 1.165) is 25.2 Å². The third kappa shape index (κ3) is 5.41. The minimum atomic E-state index is 1.01. The summed E-state index contributed by atoms with van der Waals surface area (Å²) in [5, 5.41) is 0. The molecule has 0 spiro atoms. The average molecular weight is 421 g/mol. The molecule has 0 aliphatic heterocycles. The Morgan fingerprint density at radius 2 is 1.34 bits per heavy atom. The largest absolute Gasteiger partial charge is 0.0622 e. The van der Waals surface area contributed by atoms with E-state index in [2.05, 4.69) is 78.9 Å². The van der Waals surface area contributed by atoms with Gasteiger partial charge < -0.3 is 0 Å². The van der Waals surface area contributed by atoms with E-state index >= 15 is 0 Å². The summed E-state index contributed by atoms with van der Waals surface area (Å²) in [6.07, 6.45) is 17.1. The Balaban J connectivity index is 1.12. The standard InChI is InChI=1S/C32H36/c1-3-8-25(9-4-1)10-7-11-26-14-16-27(17-15-26)18-19-28-20-21-30-23-32(24-31(30)22-28)29-12-5-2-6-13-29/h2,5-6,12-17,20-22,24-25H,1,3-4,7-11,18-19,23H2. The van der Waals surface area contributed by atoms with Gasteiger partial charge in [-0.1, -0.05) is 117 Å². The molecule has 32 heavy (non-hydrogen) atoms. The SMILES string of the molecule is C1=C(c2ccccc2)Cc2ccc(CCc3ccc(CCCC4CCCCC4)cc3)cc21. The van der Waals surface area contributed by atoms with Gasteiger partial charge in [0.05, 0.1) is 0 Å². The monoisotopic (exact) mass is 420 g/mol. The Morgan fingerprint density at radius 1 is 0.656 bits per heavy atom. The van der Waals surface area contributed by atoms with Crippen LogP contribution in [0.5, 0.6) is 0 Å². The molecule has 3 aromatic carbocycles. The fourth-order valence-corrected chi connectivity index (χ4v) is 5.61. The van der Waals surface area contributed by atoms with Crippen molar-refractivity contribution in [2.24, 2.45) is 5.92 Å². The van der Waals surface area contributed by atoms with Crippen LogP contribution >= 0.6 is 0 Å². The molecule has 0 atom stereocenters. The number of fused-ring (bicyclic) bond motifs is 1. The van der Waals surface area contributed by atoms with Crippen molar-refractivity contribution in [2.45, 2.75) is 70.6 Å². The average Bonchev–Trinajstić information content (AvgIpc) is 3.28. The lowest BCUT2D eigenvalue weighted by Crippen LogP contribution is -2.06. The van der Waals surface area contributed by atoms with Crippen LogP contribution < -0.4 is 0 Å². The molecule has 5 rings (SSSR count). The van der Waals surface area contributed by atoms with Crippen LogP contribution in [0.3, 0.4) is 0 Å². The van der Waals surface area contributed by atoms with Gasteiger partial charge in [-0.3, -0.25) is 0 Å². The third-order valence-electron chi connectivity index (χ3n) is 7.59. The van der Waals surface area contributed by atoms with Crippen LogP contribution in [0, 0.1) is 5.92 Å². The lowest BCUT2D eigenvalue weighted by atomic mass is 9.85. The zero-order valence-corrected chi connectivity index (χ0v) is 19.4. The van der Waals surface area contributed by atoms with Crippen LogP contribution in [0.1, 0.15) is 78.3 Å². The molecule has 0 bridgehead atoms. The van der Waals surface area contributed by atoms with Gasteiger partial charge in [-0.15, -0.1) is 0 Å². The third-order valence-corrected chi connectivity index (χ3v) is 7.59. The van der Waals surface area contributed by atoms with Crippen molar-refractivity contribution in [3.05, 3.63) is 106 Å².